The van der Waals surface area contributed by atoms with Gasteiger partial charge >= 0.3 is 0 Å². The Morgan fingerprint density at radius 1 is 1.15 bits per heavy atom. The average molecular weight is 373 g/mol. The number of piperidine rings is 1. The number of aliphatic imine (C=N–C) groups is 1. The lowest BCUT2D eigenvalue weighted by Crippen LogP contribution is -2.49. The molecule has 5 nitrogen and oxygen atoms in total. The molecule has 0 spiro atoms. The van der Waals surface area contributed by atoms with Crippen molar-refractivity contribution in [2.45, 2.75) is 45.1 Å². The lowest BCUT2D eigenvalue weighted by molar-refractivity contribution is 0.150. The lowest BCUT2D eigenvalue weighted by atomic mass is 10.0. The summed E-state index contributed by atoms with van der Waals surface area (Å²) in [6, 6.07) is 9.46. The van der Waals surface area contributed by atoms with Crippen LogP contribution in [0.5, 0.6) is 0 Å². The van der Waals surface area contributed by atoms with Gasteiger partial charge in [-0.25, -0.2) is 0 Å². The van der Waals surface area contributed by atoms with E-state index in [0.29, 0.717) is 6.04 Å². The van der Waals surface area contributed by atoms with Crippen molar-refractivity contribution < 1.29 is 4.74 Å². The van der Waals surface area contributed by atoms with Crippen LogP contribution in [0.3, 0.4) is 0 Å². The van der Waals surface area contributed by atoms with Gasteiger partial charge in [-0.15, -0.1) is 0 Å². The third kappa shape index (κ3) is 6.51. The molecule has 0 aliphatic carbocycles. The van der Waals surface area contributed by atoms with Crippen LogP contribution in [-0.2, 0) is 17.6 Å². The molecule has 2 fully saturated rings. The first-order valence-corrected chi connectivity index (χ1v) is 10.6. The molecule has 0 aromatic heterocycles. The van der Waals surface area contributed by atoms with E-state index in [9.17, 15) is 0 Å². The fourth-order valence-corrected chi connectivity index (χ4v) is 4.01. The third-order valence-corrected chi connectivity index (χ3v) is 5.83. The topological polar surface area (TPSA) is 48.9 Å². The quantitative estimate of drug-likeness (QED) is 0.570. The summed E-state index contributed by atoms with van der Waals surface area (Å²) in [6.45, 7) is 8.56. The highest BCUT2D eigenvalue weighted by atomic mass is 16.5. The predicted molar refractivity (Wildman–Crippen MR) is 112 cm³/mol. The Morgan fingerprint density at radius 2 is 1.89 bits per heavy atom. The van der Waals surface area contributed by atoms with Crippen molar-refractivity contribution in [2.24, 2.45) is 10.9 Å². The number of nitrogens with one attached hydrogen (secondary N) is 2. The molecule has 0 radical (unpaired) electrons. The Bertz CT molecular complexity index is 572. The SMILES string of the molecule is CCc1ccc(CCNC(=NC)NC2CCN(CC3CCOC3)CC2)cc1. The molecule has 2 aliphatic rings. The Labute approximate surface area is 164 Å². The van der Waals surface area contributed by atoms with Crippen LogP contribution < -0.4 is 10.6 Å². The molecule has 0 amide bonds. The summed E-state index contributed by atoms with van der Waals surface area (Å²) in [5.41, 5.74) is 2.77. The van der Waals surface area contributed by atoms with Gasteiger partial charge in [-0.1, -0.05) is 31.2 Å². The van der Waals surface area contributed by atoms with E-state index in [2.05, 4.69) is 51.7 Å². The van der Waals surface area contributed by atoms with Crippen LogP contribution in [0.4, 0.5) is 0 Å². The van der Waals surface area contributed by atoms with Crippen molar-refractivity contribution in [3.63, 3.8) is 0 Å². The molecule has 0 saturated carbocycles. The molecule has 1 aromatic carbocycles. The van der Waals surface area contributed by atoms with Crippen molar-refractivity contribution >= 4 is 5.96 Å². The molecule has 1 unspecified atom stereocenters. The monoisotopic (exact) mass is 372 g/mol. The zero-order chi connectivity index (χ0) is 18.9. The van der Waals surface area contributed by atoms with Crippen molar-refractivity contribution in [2.75, 3.05) is 46.4 Å². The summed E-state index contributed by atoms with van der Waals surface area (Å²) >= 11 is 0. The second kappa shape index (κ2) is 10.7. The molecule has 150 valence electrons. The largest absolute Gasteiger partial charge is 0.381 e. The van der Waals surface area contributed by atoms with E-state index < -0.39 is 0 Å². The number of likely N-dealkylation sites (tertiary alicyclic amines) is 1. The van der Waals surface area contributed by atoms with Gasteiger partial charge in [0.1, 0.15) is 0 Å². The van der Waals surface area contributed by atoms with Crippen molar-refractivity contribution in [3.8, 4) is 0 Å². The predicted octanol–water partition coefficient (Wildman–Crippen LogP) is 2.46. The van der Waals surface area contributed by atoms with E-state index in [-0.39, 0.29) is 0 Å². The van der Waals surface area contributed by atoms with Gasteiger partial charge in [0.15, 0.2) is 5.96 Å². The first-order chi connectivity index (χ1) is 13.3. The second-order valence-electron chi connectivity index (χ2n) is 7.87. The summed E-state index contributed by atoms with van der Waals surface area (Å²) in [5.74, 6) is 1.68. The zero-order valence-electron chi connectivity index (χ0n) is 17.0. The summed E-state index contributed by atoms with van der Waals surface area (Å²) in [5, 5.41) is 7.08. The molecule has 2 aliphatic heterocycles. The third-order valence-electron chi connectivity index (χ3n) is 5.83. The normalized spacial score (nSPS) is 22.1. The summed E-state index contributed by atoms with van der Waals surface area (Å²) < 4.78 is 5.50. The highest BCUT2D eigenvalue weighted by Gasteiger charge is 2.24. The van der Waals surface area contributed by atoms with Crippen molar-refractivity contribution in [1.82, 2.24) is 15.5 Å². The van der Waals surface area contributed by atoms with E-state index in [1.807, 2.05) is 7.05 Å². The van der Waals surface area contributed by atoms with Gasteiger partial charge < -0.3 is 20.3 Å². The Kier molecular flexibility index (Phi) is 7.96. The van der Waals surface area contributed by atoms with E-state index in [1.54, 1.807) is 0 Å². The molecule has 0 bridgehead atoms. The molecule has 27 heavy (non-hydrogen) atoms. The number of nitrogens with zero attached hydrogens (tertiary/aromatic N) is 2. The second-order valence-corrected chi connectivity index (χ2v) is 7.87. The minimum atomic E-state index is 0.524. The molecular formula is C22H36N4O. The van der Waals surface area contributed by atoms with E-state index in [4.69, 9.17) is 4.74 Å². The highest BCUT2D eigenvalue weighted by Crippen LogP contribution is 2.17. The molecule has 2 saturated heterocycles. The zero-order valence-corrected chi connectivity index (χ0v) is 17.0. The maximum atomic E-state index is 5.50. The van der Waals surface area contributed by atoms with Crippen LogP contribution in [0.1, 0.15) is 37.3 Å². The maximum absolute atomic E-state index is 5.50. The molecule has 2 heterocycles. The van der Waals surface area contributed by atoms with E-state index >= 15 is 0 Å². The fourth-order valence-electron chi connectivity index (χ4n) is 4.01. The smallest absolute Gasteiger partial charge is 0.191 e. The standard InChI is InChI=1S/C22H36N4O/c1-3-18-4-6-19(7-5-18)8-12-24-22(23-2)25-21-9-13-26(14-10-21)16-20-11-15-27-17-20/h4-7,20-21H,3,8-17H2,1-2H3,(H2,23,24,25). The maximum Gasteiger partial charge on any atom is 0.191 e. The number of hydrogen-bond acceptors (Lipinski definition) is 3. The van der Waals surface area contributed by atoms with Gasteiger partial charge in [-0.2, -0.15) is 0 Å². The van der Waals surface area contributed by atoms with Gasteiger partial charge in [0.05, 0.1) is 6.61 Å². The Balaban J connectivity index is 1.33. The highest BCUT2D eigenvalue weighted by molar-refractivity contribution is 5.79. The van der Waals surface area contributed by atoms with Crippen molar-refractivity contribution in [3.05, 3.63) is 35.4 Å². The Hall–Kier alpha value is -1.59. The van der Waals surface area contributed by atoms with Crippen LogP contribution in [0.15, 0.2) is 29.3 Å². The average Bonchev–Trinajstić information content (AvgIpc) is 3.22. The van der Waals surface area contributed by atoms with Crippen LogP contribution >= 0.6 is 0 Å². The number of guanidine groups is 1. The molecule has 2 N–H and O–H groups in total. The van der Waals surface area contributed by atoms with E-state index in [0.717, 1.165) is 44.5 Å². The lowest BCUT2D eigenvalue weighted by Gasteiger charge is -2.34. The Morgan fingerprint density at radius 3 is 2.52 bits per heavy atom. The summed E-state index contributed by atoms with van der Waals surface area (Å²) in [7, 11) is 1.86. The molecular weight excluding hydrogens is 336 g/mol. The number of aryl methyl sites for hydroxylation is 1. The van der Waals surface area contributed by atoms with Gasteiger partial charge in [-0.05, 0) is 49.1 Å². The number of rotatable bonds is 7. The number of hydrogen-bond donors (Lipinski definition) is 2. The number of ether oxygens (including phenoxy) is 1. The van der Waals surface area contributed by atoms with Crippen LogP contribution in [-0.4, -0.2) is 63.3 Å². The molecule has 1 aromatic rings. The van der Waals surface area contributed by atoms with Crippen molar-refractivity contribution in [1.29, 1.82) is 0 Å². The first kappa shape index (κ1) is 20.2. The first-order valence-electron chi connectivity index (χ1n) is 10.6. The van der Waals surface area contributed by atoms with Gasteiger partial charge in [0, 0.05) is 45.9 Å². The van der Waals surface area contributed by atoms with Crippen LogP contribution in [0.2, 0.25) is 0 Å². The van der Waals surface area contributed by atoms with Gasteiger partial charge in [-0.3, -0.25) is 4.99 Å². The number of benzene rings is 1. The van der Waals surface area contributed by atoms with Crippen LogP contribution in [0, 0.1) is 5.92 Å². The summed E-state index contributed by atoms with van der Waals surface area (Å²) in [6.07, 6.45) is 5.73. The van der Waals surface area contributed by atoms with Crippen LogP contribution in [0.25, 0.3) is 0 Å². The summed E-state index contributed by atoms with van der Waals surface area (Å²) in [4.78, 5) is 7.01. The minimum absolute atomic E-state index is 0.524. The molecule has 3 rings (SSSR count). The minimum Gasteiger partial charge on any atom is -0.381 e. The molecule has 5 heteroatoms. The van der Waals surface area contributed by atoms with E-state index in [1.165, 1.54) is 50.0 Å². The fraction of sp³-hybridized carbons (Fsp3) is 0.682. The van der Waals surface area contributed by atoms with Gasteiger partial charge in [0.2, 0.25) is 0 Å². The van der Waals surface area contributed by atoms with Gasteiger partial charge in [0.25, 0.3) is 0 Å². The molecule has 1 atom stereocenters.